The molecule has 34 heavy (non-hydrogen) atoms. The Labute approximate surface area is 200 Å². The van der Waals surface area contributed by atoms with Crippen molar-refractivity contribution in [1.82, 2.24) is 14.7 Å². The summed E-state index contributed by atoms with van der Waals surface area (Å²) in [5.41, 5.74) is 2.29. The number of carbonyl (C=O) groups is 3. The van der Waals surface area contributed by atoms with Crippen molar-refractivity contribution in [3.63, 3.8) is 0 Å². The lowest BCUT2D eigenvalue weighted by Crippen LogP contribution is -2.78. The molecule has 178 valence electrons. The highest BCUT2D eigenvalue weighted by atomic mass is 16.5. The van der Waals surface area contributed by atoms with E-state index in [1.54, 1.807) is 4.90 Å². The van der Waals surface area contributed by atoms with Gasteiger partial charge in [-0.3, -0.25) is 14.4 Å². The molecular weight excluding hydrogens is 430 g/mol. The summed E-state index contributed by atoms with van der Waals surface area (Å²) in [7, 11) is 0. The third kappa shape index (κ3) is 3.50. The molecule has 0 bridgehead atoms. The molecule has 5 rings (SSSR count). The first-order chi connectivity index (χ1) is 16.3. The second-order valence-electron chi connectivity index (χ2n) is 9.86. The normalized spacial score (nSPS) is 21.5. The zero-order chi connectivity index (χ0) is 24.0. The predicted octanol–water partition coefficient (Wildman–Crippen LogP) is 2.70. The molecule has 3 amide bonds. The van der Waals surface area contributed by atoms with Gasteiger partial charge < -0.3 is 19.4 Å². The fourth-order valence-corrected chi connectivity index (χ4v) is 5.75. The summed E-state index contributed by atoms with van der Waals surface area (Å²) in [6.07, 6.45) is 0. The van der Waals surface area contributed by atoms with Gasteiger partial charge in [0.1, 0.15) is 0 Å². The maximum Gasteiger partial charge on any atom is 0.255 e. The number of aryl methyl sites for hydroxylation is 1. The number of rotatable bonds is 3. The van der Waals surface area contributed by atoms with Crippen LogP contribution in [-0.4, -0.2) is 83.4 Å². The summed E-state index contributed by atoms with van der Waals surface area (Å²) in [5.74, 6) is -0.655. The van der Waals surface area contributed by atoms with Crippen LogP contribution in [0.2, 0.25) is 0 Å². The van der Waals surface area contributed by atoms with E-state index >= 15 is 0 Å². The fraction of sp³-hybridized carbons (Fsp3) is 0.444. The molecule has 3 aliphatic heterocycles. The largest absolute Gasteiger partial charge is 0.378 e. The van der Waals surface area contributed by atoms with E-state index in [1.807, 2.05) is 79.1 Å². The molecule has 0 radical (unpaired) electrons. The quantitative estimate of drug-likeness (QED) is 0.705. The van der Waals surface area contributed by atoms with Gasteiger partial charge in [0, 0.05) is 43.3 Å². The van der Waals surface area contributed by atoms with Gasteiger partial charge in [0.2, 0.25) is 5.91 Å². The van der Waals surface area contributed by atoms with Crippen LogP contribution in [-0.2, 0) is 9.53 Å². The van der Waals surface area contributed by atoms with Crippen molar-refractivity contribution in [2.45, 2.75) is 38.3 Å². The Morgan fingerprint density at radius 2 is 1.62 bits per heavy atom. The molecule has 2 aromatic rings. The van der Waals surface area contributed by atoms with Gasteiger partial charge in [-0.15, -0.1) is 0 Å². The number of hydrogen-bond donors (Lipinski definition) is 0. The van der Waals surface area contributed by atoms with Crippen LogP contribution in [0.15, 0.2) is 48.5 Å². The van der Waals surface area contributed by atoms with Crippen LogP contribution in [0.3, 0.4) is 0 Å². The summed E-state index contributed by atoms with van der Waals surface area (Å²) in [5, 5.41) is 0. The molecule has 0 N–H and O–H groups in total. The van der Waals surface area contributed by atoms with Gasteiger partial charge >= 0.3 is 0 Å². The average molecular weight is 462 g/mol. The molecule has 1 spiro atoms. The number of likely N-dealkylation sites (tertiary alicyclic amines) is 1. The van der Waals surface area contributed by atoms with E-state index in [0.29, 0.717) is 50.5 Å². The van der Waals surface area contributed by atoms with E-state index in [1.165, 1.54) is 0 Å². The van der Waals surface area contributed by atoms with Crippen molar-refractivity contribution in [2.75, 3.05) is 39.4 Å². The number of nitrogens with zero attached hydrogens (tertiary/aromatic N) is 3. The van der Waals surface area contributed by atoms with Crippen LogP contribution in [0.1, 0.15) is 51.6 Å². The zero-order valence-electron chi connectivity index (χ0n) is 20.0. The molecule has 0 aromatic heterocycles. The van der Waals surface area contributed by atoms with Crippen LogP contribution in [0, 0.1) is 6.92 Å². The standard InChI is InChI=1S/C27H31N3O4/c1-18(2)30-25(32)22-7-5-4-6-21(22)23(26(33)28-12-14-34-15-13-28)27(30)16-29(17-27)24(31)20-10-8-19(3)9-11-20/h4-11,18,23H,12-17H2,1-3H3. The average Bonchev–Trinajstić information content (AvgIpc) is 2.82. The number of amides is 3. The van der Waals surface area contributed by atoms with Crippen molar-refractivity contribution in [3.8, 4) is 0 Å². The highest BCUT2D eigenvalue weighted by Gasteiger charge is 2.62. The summed E-state index contributed by atoms with van der Waals surface area (Å²) in [4.78, 5) is 46.4. The van der Waals surface area contributed by atoms with Crippen LogP contribution < -0.4 is 0 Å². The van der Waals surface area contributed by atoms with E-state index in [0.717, 1.165) is 11.1 Å². The van der Waals surface area contributed by atoms with E-state index in [4.69, 9.17) is 4.74 Å². The van der Waals surface area contributed by atoms with Crippen molar-refractivity contribution in [3.05, 3.63) is 70.8 Å². The second kappa shape index (κ2) is 8.55. The molecule has 2 fully saturated rings. The van der Waals surface area contributed by atoms with Crippen LogP contribution in [0.5, 0.6) is 0 Å². The molecule has 0 aliphatic carbocycles. The lowest BCUT2D eigenvalue weighted by atomic mass is 9.67. The fourth-order valence-electron chi connectivity index (χ4n) is 5.75. The third-order valence-electron chi connectivity index (χ3n) is 7.34. The van der Waals surface area contributed by atoms with Gasteiger partial charge in [0.05, 0.1) is 24.7 Å². The summed E-state index contributed by atoms with van der Waals surface area (Å²) in [6, 6.07) is 14.9. The second-order valence-corrected chi connectivity index (χ2v) is 9.86. The Bertz CT molecular complexity index is 1110. The number of morpholine rings is 1. The predicted molar refractivity (Wildman–Crippen MR) is 128 cm³/mol. The number of ether oxygens (including phenoxy) is 1. The smallest absolute Gasteiger partial charge is 0.255 e. The minimum absolute atomic E-state index is 0.0105. The van der Waals surface area contributed by atoms with Gasteiger partial charge in [-0.05, 0) is 44.5 Å². The van der Waals surface area contributed by atoms with Crippen molar-refractivity contribution < 1.29 is 19.1 Å². The topological polar surface area (TPSA) is 70.2 Å². The van der Waals surface area contributed by atoms with E-state index in [-0.39, 0.29) is 23.8 Å². The lowest BCUT2D eigenvalue weighted by Gasteiger charge is -2.62. The minimum atomic E-state index is -0.769. The van der Waals surface area contributed by atoms with Crippen LogP contribution >= 0.6 is 0 Å². The maximum absolute atomic E-state index is 14.0. The summed E-state index contributed by atoms with van der Waals surface area (Å²) >= 11 is 0. The molecule has 1 unspecified atom stereocenters. The van der Waals surface area contributed by atoms with Crippen LogP contribution in [0.4, 0.5) is 0 Å². The van der Waals surface area contributed by atoms with Gasteiger partial charge in [0.25, 0.3) is 11.8 Å². The van der Waals surface area contributed by atoms with E-state index in [9.17, 15) is 14.4 Å². The first-order valence-corrected chi connectivity index (χ1v) is 12.0. The molecule has 7 nitrogen and oxygen atoms in total. The Kier molecular flexibility index (Phi) is 5.68. The van der Waals surface area contributed by atoms with Crippen molar-refractivity contribution in [2.24, 2.45) is 0 Å². The molecule has 1 atom stereocenters. The van der Waals surface area contributed by atoms with Crippen molar-refractivity contribution in [1.29, 1.82) is 0 Å². The van der Waals surface area contributed by atoms with Crippen molar-refractivity contribution >= 4 is 17.7 Å². The first-order valence-electron chi connectivity index (χ1n) is 12.0. The number of fused-ring (bicyclic) bond motifs is 1. The molecule has 2 saturated heterocycles. The maximum atomic E-state index is 14.0. The number of hydrogen-bond acceptors (Lipinski definition) is 4. The lowest BCUT2D eigenvalue weighted by molar-refractivity contribution is -0.146. The van der Waals surface area contributed by atoms with Gasteiger partial charge in [-0.25, -0.2) is 0 Å². The van der Waals surface area contributed by atoms with Gasteiger partial charge in [-0.1, -0.05) is 35.9 Å². The monoisotopic (exact) mass is 461 g/mol. The van der Waals surface area contributed by atoms with E-state index in [2.05, 4.69) is 0 Å². The highest BCUT2D eigenvalue weighted by molar-refractivity contribution is 6.03. The third-order valence-corrected chi connectivity index (χ3v) is 7.34. The van der Waals surface area contributed by atoms with E-state index < -0.39 is 11.5 Å². The molecule has 0 saturated carbocycles. The Hall–Kier alpha value is -3.19. The molecule has 3 aliphatic rings. The first kappa shape index (κ1) is 22.6. The zero-order valence-corrected chi connectivity index (χ0v) is 20.0. The molecular formula is C27H31N3O4. The van der Waals surface area contributed by atoms with Crippen LogP contribution in [0.25, 0.3) is 0 Å². The SMILES string of the molecule is Cc1ccc(C(=O)N2CC3(C2)C(C(=O)N2CCOCC2)c2ccccc2C(=O)N3C(C)C)cc1. The molecule has 7 heteroatoms. The Morgan fingerprint density at radius 1 is 0.971 bits per heavy atom. The highest BCUT2D eigenvalue weighted by Crippen LogP contribution is 2.48. The number of carbonyl (C=O) groups excluding carboxylic acids is 3. The minimum Gasteiger partial charge on any atom is -0.378 e. The molecule has 3 heterocycles. The summed E-state index contributed by atoms with van der Waals surface area (Å²) in [6.45, 7) is 8.71. The molecule has 2 aromatic carbocycles. The summed E-state index contributed by atoms with van der Waals surface area (Å²) < 4.78 is 5.47. The number of benzene rings is 2. The van der Waals surface area contributed by atoms with Gasteiger partial charge in [0.15, 0.2) is 0 Å². The Balaban J connectivity index is 1.55. The Morgan fingerprint density at radius 3 is 2.26 bits per heavy atom. The van der Waals surface area contributed by atoms with Gasteiger partial charge in [-0.2, -0.15) is 0 Å².